The predicted octanol–water partition coefficient (Wildman–Crippen LogP) is 3.05. The summed E-state index contributed by atoms with van der Waals surface area (Å²) < 4.78 is 5.31. The van der Waals surface area contributed by atoms with Crippen LogP contribution >= 0.6 is 0 Å². The van der Waals surface area contributed by atoms with Crippen molar-refractivity contribution in [3.8, 4) is 0 Å². The van der Waals surface area contributed by atoms with Crippen LogP contribution in [0.4, 0.5) is 0 Å². The largest absolute Gasteiger partial charge is 0.456 e. The SMILES string of the molecule is CCC(N)c1cccc(C(=O)OC(C)(C)C)c1. The highest BCUT2D eigenvalue weighted by atomic mass is 16.6. The molecule has 0 radical (unpaired) electrons. The van der Waals surface area contributed by atoms with Gasteiger partial charge in [0, 0.05) is 6.04 Å². The van der Waals surface area contributed by atoms with Gasteiger partial charge in [-0.3, -0.25) is 0 Å². The molecule has 0 aliphatic rings. The molecular weight excluding hydrogens is 214 g/mol. The van der Waals surface area contributed by atoms with E-state index in [1.54, 1.807) is 6.07 Å². The second-order valence-electron chi connectivity index (χ2n) is 5.14. The number of hydrogen-bond acceptors (Lipinski definition) is 3. The minimum absolute atomic E-state index is 0.0302. The normalized spacial score (nSPS) is 13.2. The van der Waals surface area contributed by atoms with Gasteiger partial charge in [-0.2, -0.15) is 0 Å². The number of hydrogen-bond donors (Lipinski definition) is 1. The fourth-order valence-electron chi connectivity index (χ4n) is 1.47. The average Bonchev–Trinajstić information content (AvgIpc) is 2.26. The first-order valence-electron chi connectivity index (χ1n) is 5.92. The number of ether oxygens (including phenoxy) is 1. The molecule has 94 valence electrons. The van der Waals surface area contributed by atoms with E-state index in [0.717, 1.165) is 12.0 Å². The molecule has 0 heterocycles. The van der Waals surface area contributed by atoms with Gasteiger partial charge in [0.15, 0.2) is 0 Å². The Labute approximate surface area is 103 Å². The van der Waals surface area contributed by atoms with Crippen LogP contribution in [0.5, 0.6) is 0 Å². The van der Waals surface area contributed by atoms with E-state index in [9.17, 15) is 4.79 Å². The van der Waals surface area contributed by atoms with E-state index in [2.05, 4.69) is 0 Å². The van der Waals surface area contributed by atoms with Crippen molar-refractivity contribution in [1.82, 2.24) is 0 Å². The molecule has 0 spiro atoms. The molecule has 1 aromatic rings. The van der Waals surface area contributed by atoms with Crippen molar-refractivity contribution >= 4 is 5.97 Å². The number of carbonyl (C=O) groups excluding carboxylic acids is 1. The van der Waals surface area contributed by atoms with Crippen LogP contribution in [0.1, 0.15) is 56.1 Å². The standard InChI is InChI=1S/C14H21NO2/c1-5-12(15)10-7-6-8-11(9-10)13(16)17-14(2,3)4/h6-9,12H,5,15H2,1-4H3. The topological polar surface area (TPSA) is 52.3 Å². The van der Waals surface area contributed by atoms with E-state index in [0.29, 0.717) is 5.56 Å². The lowest BCUT2D eigenvalue weighted by Gasteiger charge is -2.20. The average molecular weight is 235 g/mol. The van der Waals surface area contributed by atoms with Gasteiger partial charge >= 0.3 is 5.97 Å². The molecule has 3 nitrogen and oxygen atoms in total. The summed E-state index contributed by atoms with van der Waals surface area (Å²) >= 11 is 0. The van der Waals surface area contributed by atoms with Gasteiger partial charge in [0.2, 0.25) is 0 Å². The third-order valence-electron chi connectivity index (χ3n) is 2.39. The van der Waals surface area contributed by atoms with Gasteiger partial charge < -0.3 is 10.5 Å². The maximum Gasteiger partial charge on any atom is 0.338 e. The van der Waals surface area contributed by atoms with E-state index < -0.39 is 5.60 Å². The quantitative estimate of drug-likeness (QED) is 0.819. The summed E-state index contributed by atoms with van der Waals surface area (Å²) in [5.41, 5.74) is 6.99. The fraction of sp³-hybridized carbons (Fsp3) is 0.500. The monoisotopic (exact) mass is 235 g/mol. The van der Waals surface area contributed by atoms with E-state index in [1.165, 1.54) is 0 Å². The lowest BCUT2D eigenvalue weighted by Crippen LogP contribution is -2.24. The number of carbonyl (C=O) groups is 1. The molecule has 0 aliphatic carbocycles. The zero-order valence-corrected chi connectivity index (χ0v) is 11.0. The third kappa shape index (κ3) is 4.19. The Morgan fingerprint density at radius 2 is 2.06 bits per heavy atom. The molecule has 0 saturated carbocycles. The molecule has 0 amide bonds. The molecule has 0 saturated heterocycles. The first-order valence-corrected chi connectivity index (χ1v) is 5.92. The lowest BCUT2D eigenvalue weighted by atomic mass is 10.0. The van der Waals surface area contributed by atoms with Gasteiger partial charge in [0.05, 0.1) is 5.56 Å². The molecule has 2 N–H and O–H groups in total. The summed E-state index contributed by atoms with van der Waals surface area (Å²) in [4.78, 5) is 11.9. The molecule has 3 heteroatoms. The smallest absolute Gasteiger partial charge is 0.338 e. The van der Waals surface area contributed by atoms with Crippen LogP contribution in [-0.4, -0.2) is 11.6 Å². The van der Waals surface area contributed by atoms with E-state index in [1.807, 2.05) is 45.9 Å². The molecule has 1 atom stereocenters. The van der Waals surface area contributed by atoms with Crippen molar-refractivity contribution in [2.75, 3.05) is 0 Å². The summed E-state index contributed by atoms with van der Waals surface area (Å²) in [6, 6.07) is 7.30. The third-order valence-corrected chi connectivity index (χ3v) is 2.39. The van der Waals surface area contributed by atoms with Crippen molar-refractivity contribution in [1.29, 1.82) is 0 Å². The van der Waals surface area contributed by atoms with Crippen LogP contribution in [0.3, 0.4) is 0 Å². The molecule has 1 unspecified atom stereocenters. The van der Waals surface area contributed by atoms with Crippen molar-refractivity contribution in [3.05, 3.63) is 35.4 Å². The molecule has 1 aromatic carbocycles. The Bertz CT molecular complexity index is 393. The summed E-state index contributed by atoms with van der Waals surface area (Å²) in [6.45, 7) is 7.58. The highest BCUT2D eigenvalue weighted by Crippen LogP contribution is 2.17. The van der Waals surface area contributed by atoms with Crippen LogP contribution in [0, 0.1) is 0 Å². The maximum atomic E-state index is 11.9. The van der Waals surface area contributed by atoms with Gasteiger partial charge in [0.25, 0.3) is 0 Å². The van der Waals surface area contributed by atoms with Crippen LogP contribution in [0.2, 0.25) is 0 Å². The summed E-state index contributed by atoms with van der Waals surface area (Å²) in [5.74, 6) is -0.303. The minimum atomic E-state index is -0.472. The first-order chi connectivity index (χ1) is 7.83. The van der Waals surface area contributed by atoms with E-state index in [-0.39, 0.29) is 12.0 Å². The van der Waals surface area contributed by atoms with Gasteiger partial charge in [-0.25, -0.2) is 4.79 Å². The van der Waals surface area contributed by atoms with Gasteiger partial charge in [-0.1, -0.05) is 19.1 Å². The van der Waals surface area contributed by atoms with Crippen molar-refractivity contribution in [2.45, 2.75) is 45.8 Å². The second-order valence-corrected chi connectivity index (χ2v) is 5.14. The van der Waals surface area contributed by atoms with Gasteiger partial charge in [-0.05, 0) is 44.9 Å². The fourth-order valence-corrected chi connectivity index (χ4v) is 1.47. The zero-order valence-electron chi connectivity index (χ0n) is 11.0. The van der Waals surface area contributed by atoms with Crippen LogP contribution < -0.4 is 5.73 Å². The first kappa shape index (κ1) is 13.7. The summed E-state index contributed by atoms with van der Waals surface area (Å²) in [6.07, 6.45) is 0.845. The van der Waals surface area contributed by atoms with Crippen LogP contribution in [-0.2, 0) is 4.74 Å². The summed E-state index contributed by atoms with van der Waals surface area (Å²) in [5, 5.41) is 0. The molecule has 1 rings (SSSR count). The Morgan fingerprint density at radius 1 is 1.41 bits per heavy atom. The van der Waals surface area contributed by atoms with Gasteiger partial charge in [-0.15, -0.1) is 0 Å². The highest BCUT2D eigenvalue weighted by molar-refractivity contribution is 5.89. The molecular formula is C14H21NO2. The zero-order chi connectivity index (χ0) is 13.1. The Morgan fingerprint density at radius 3 is 2.59 bits per heavy atom. The Balaban J connectivity index is 2.88. The number of benzene rings is 1. The number of nitrogens with two attached hydrogens (primary N) is 1. The van der Waals surface area contributed by atoms with Crippen molar-refractivity contribution in [3.63, 3.8) is 0 Å². The minimum Gasteiger partial charge on any atom is -0.456 e. The molecule has 0 aromatic heterocycles. The summed E-state index contributed by atoms with van der Waals surface area (Å²) in [7, 11) is 0. The van der Waals surface area contributed by atoms with Gasteiger partial charge in [0.1, 0.15) is 5.60 Å². The molecule has 0 bridgehead atoms. The lowest BCUT2D eigenvalue weighted by molar-refractivity contribution is 0.00694. The maximum absolute atomic E-state index is 11.9. The number of esters is 1. The Kier molecular flexibility index (Phi) is 4.29. The molecule has 0 fully saturated rings. The second kappa shape index (κ2) is 5.32. The highest BCUT2D eigenvalue weighted by Gasteiger charge is 2.18. The van der Waals surface area contributed by atoms with Crippen molar-refractivity contribution < 1.29 is 9.53 Å². The van der Waals surface area contributed by atoms with Crippen LogP contribution in [0.15, 0.2) is 24.3 Å². The van der Waals surface area contributed by atoms with E-state index >= 15 is 0 Å². The molecule has 0 aliphatic heterocycles. The van der Waals surface area contributed by atoms with E-state index in [4.69, 9.17) is 10.5 Å². The Hall–Kier alpha value is -1.35. The number of rotatable bonds is 3. The molecule has 17 heavy (non-hydrogen) atoms. The van der Waals surface area contributed by atoms with Crippen LogP contribution in [0.25, 0.3) is 0 Å². The van der Waals surface area contributed by atoms with Crippen molar-refractivity contribution in [2.24, 2.45) is 5.73 Å². The predicted molar refractivity (Wildman–Crippen MR) is 68.8 cm³/mol.